The average molecular weight is 397 g/mol. The topological polar surface area (TPSA) is 39.7 Å². The normalized spacial score (nSPS) is 18.0. The summed E-state index contributed by atoms with van der Waals surface area (Å²) in [6, 6.07) is 26.1. The van der Waals surface area contributed by atoms with Gasteiger partial charge < -0.3 is 15.5 Å². The predicted molar refractivity (Wildman–Crippen MR) is 125 cm³/mol. The molecule has 0 saturated carbocycles. The van der Waals surface area contributed by atoms with E-state index in [1.165, 1.54) is 16.7 Å². The zero-order valence-corrected chi connectivity index (χ0v) is 17.4. The molecule has 3 aromatic rings. The van der Waals surface area contributed by atoms with Crippen LogP contribution >= 0.6 is 0 Å². The number of aliphatic imine (C=N–C) groups is 1. The lowest BCUT2D eigenvalue weighted by Gasteiger charge is -2.36. The summed E-state index contributed by atoms with van der Waals surface area (Å²) < 4.78 is 0. The lowest BCUT2D eigenvalue weighted by atomic mass is 10.0. The van der Waals surface area contributed by atoms with Crippen LogP contribution in [0.15, 0.2) is 77.8 Å². The first-order chi connectivity index (χ1) is 14.8. The van der Waals surface area contributed by atoms with E-state index >= 15 is 0 Å². The maximum atomic E-state index is 5.15. The van der Waals surface area contributed by atoms with Gasteiger partial charge >= 0.3 is 0 Å². The number of anilines is 2. The summed E-state index contributed by atoms with van der Waals surface area (Å²) in [6.07, 6.45) is 2.22. The van der Waals surface area contributed by atoms with Gasteiger partial charge in [0.2, 0.25) is 0 Å². The number of piperazine rings is 1. The molecule has 0 radical (unpaired) electrons. The largest absolute Gasteiger partial charge is 0.353 e. The van der Waals surface area contributed by atoms with E-state index in [4.69, 9.17) is 4.99 Å². The van der Waals surface area contributed by atoms with E-state index in [9.17, 15) is 0 Å². The van der Waals surface area contributed by atoms with Crippen molar-refractivity contribution in [2.45, 2.75) is 25.8 Å². The Kier molecular flexibility index (Phi) is 5.24. The number of amidine groups is 1. The van der Waals surface area contributed by atoms with E-state index in [1.807, 2.05) is 0 Å². The second-order valence-electron chi connectivity index (χ2n) is 8.25. The molecular formula is C26H28N4. The van der Waals surface area contributed by atoms with Gasteiger partial charge in [0, 0.05) is 36.9 Å². The van der Waals surface area contributed by atoms with Crippen LogP contribution in [0, 0.1) is 6.92 Å². The van der Waals surface area contributed by atoms with Crippen LogP contribution in [0.25, 0.3) is 0 Å². The molecule has 0 unspecified atom stereocenters. The molecule has 152 valence electrons. The molecule has 0 aliphatic carbocycles. The molecule has 1 saturated heterocycles. The molecule has 3 aromatic carbocycles. The Morgan fingerprint density at radius 3 is 2.70 bits per heavy atom. The Morgan fingerprint density at radius 2 is 1.80 bits per heavy atom. The van der Waals surface area contributed by atoms with Gasteiger partial charge in [-0.15, -0.1) is 0 Å². The lowest BCUT2D eigenvalue weighted by Crippen LogP contribution is -2.53. The average Bonchev–Trinajstić information content (AvgIpc) is 2.95. The Bertz CT molecular complexity index is 1060. The van der Waals surface area contributed by atoms with Crippen LogP contribution in [0.1, 0.15) is 23.1 Å². The van der Waals surface area contributed by atoms with Gasteiger partial charge in [0.15, 0.2) is 0 Å². The van der Waals surface area contributed by atoms with Crippen molar-refractivity contribution in [1.82, 2.24) is 10.2 Å². The molecule has 0 amide bonds. The summed E-state index contributed by atoms with van der Waals surface area (Å²) in [6.45, 7) is 5.07. The molecule has 1 atom stereocenters. The van der Waals surface area contributed by atoms with Crippen molar-refractivity contribution in [3.63, 3.8) is 0 Å². The van der Waals surface area contributed by atoms with E-state index < -0.39 is 0 Å². The molecular weight excluding hydrogens is 368 g/mol. The predicted octanol–water partition coefficient (Wildman–Crippen LogP) is 5.04. The van der Waals surface area contributed by atoms with Crippen LogP contribution in [0.3, 0.4) is 0 Å². The van der Waals surface area contributed by atoms with Gasteiger partial charge in [0.05, 0.1) is 11.4 Å². The molecule has 2 heterocycles. The van der Waals surface area contributed by atoms with E-state index in [1.54, 1.807) is 0 Å². The fourth-order valence-electron chi connectivity index (χ4n) is 4.39. The number of aryl methyl sites for hydroxylation is 2. The highest BCUT2D eigenvalue weighted by Crippen LogP contribution is 2.35. The summed E-state index contributed by atoms with van der Waals surface area (Å²) in [5.41, 5.74) is 7.04. The quantitative estimate of drug-likeness (QED) is 0.652. The molecule has 0 spiro atoms. The van der Waals surface area contributed by atoms with Gasteiger partial charge in [-0.1, -0.05) is 54.1 Å². The zero-order valence-electron chi connectivity index (χ0n) is 17.4. The third-order valence-electron chi connectivity index (χ3n) is 6.00. The first-order valence-corrected chi connectivity index (χ1v) is 10.8. The Labute approximate surface area is 178 Å². The summed E-state index contributed by atoms with van der Waals surface area (Å²) in [4.78, 5) is 7.62. The first kappa shape index (κ1) is 18.9. The van der Waals surface area contributed by atoms with Gasteiger partial charge in [-0.2, -0.15) is 0 Å². The van der Waals surface area contributed by atoms with Crippen molar-refractivity contribution in [3.8, 4) is 0 Å². The van der Waals surface area contributed by atoms with Gasteiger partial charge in [0.25, 0.3) is 0 Å². The fraction of sp³-hybridized carbons (Fsp3) is 0.269. The SMILES string of the molecule is Cc1ccc2c(c1)C(N1CCN[C@@H](CCc3ccccc3)C1)=Nc1ccccc1N2. The molecule has 0 aromatic heterocycles. The number of fused-ring (bicyclic) bond motifs is 2. The zero-order chi connectivity index (χ0) is 20.3. The minimum absolute atomic E-state index is 0.460. The Morgan fingerprint density at radius 1 is 0.967 bits per heavy atom. The van der Waals surface area contributed by atoms with Crippen LogP contribution in [0.4, 0.5) is 17.1 Å². The third kappa shape index (κ3) is 3.96. The number of hydrogen-bond acceptors (Lipinski definition) is 4. The van der Waals surface area contributed by atoms with Crippen molar-refractivity contribution in [2.75, 3.05) is 25.0 Å². The van der Waals surface area contributed by atoms with Crippen molar-refractivity contribution in [3.05, 3.63) is 89.5 Å². The van der Waals surface area contributed by atoms with Crippen molar-refractivity contribution in [1.29, 1.82) is 0 Å². The van der Waals surface area contributed by atoms with E-state index in [2.05, 4.69) is 95.3 Å². The van der Waals surface area contributed by atoms with Crippen LogP contribution in [-0.2, 0) is 6.42 Å². The van der Waals surface area contributed by atoms with E-state index in [-0.39, 0.29) is 0 Å². The number of nitrogens with zero attached hydrogens (tertiary/aromatic N) is 2. The maximum Gasteiger partial charge on any atom is 0.138 e. The second kappa shape index (κ2) is 8.33. The monoisotopic (exact) mass is 396 g/mol. The van der Waals surface area contributed by atoms with Crippen molar-refractivity contribution < 1.29 is 0 Å². The van der Waals surface area contributed by atoms with Crippen LogP contribution in [0.5, 0.6) is 0 Å². The highest BCUT2D eigenvalue weighted by atomic mass is 15.3. The van der Waals surface area contributed by atoms with Crippen LogP contribution in [-0.4, -0.2) is 36.4 Å². The van der Waals surface area contributed by atoms with Crippen LogP contribution in [0.2, 0.25) is 0 Å². The Hall–Kier alpha value is -3.11. The third-order valence-corrected chi connectivity index (χ3v) is 6.00. The van der Waals surface area contributed by atoms with Gasteiger partial charge in [-0.05, 0) is 49.6 Å². The number of nitrogens with one attached hydrogen (secondary N) is 2. The summed E-state index contributed by atoms with van der Waals surface area (Å²) in [5.74, 6) is 1.08. The number of hydrogen-bond donors (Lipinski definition) is 2. The molecule has 4 heteroatoms. The summed E-state index contributed by atoms with van der Waals surface area (Å²) >= 11 is 0. The van der Waals surface area contributed by atoms with Crippen molar-refractivity contribution in [2.24, 2.45) is 4.99 Å². The van der Waals surface area contributed by atoms with Gasteiger partial charge in [0.1, 0.15) is 5.84 Å². The fourth-order valence-corrected chi connectivity index (χ4v) is 4.39. The van der Waals surface area contributed by atoms with Crippen molar-refractivity contribution >= 4 is 22.9 Å². The van der Waals surface area contributed by atoms with E-state index in [0.717, 1.165) is 55.4 Å². The summed E-state index contributed by atoms with van der Waals surface area (Å²) in [5, 5.41) is 7.32. The smallest absolute Gasteiger partial charge is 0.138 e. The highest BCUT2D eigenvalue weighted by molar-refractivity contribution is 6.07. The minimum Gasteiger partial charge on any atom is -0.353 e. The van der Waals surface area contributed by atoms with Crippen LogP contribution < -0.4 is 10.6 Å². The molecule has 30 heavy (non-hydrogen) atoms. The minimum atomic E-state index is 0.460. The molecule has 2 N–H and O–H groups in total. The van der Waals surface area contributed by atoms with Gasteiger partial charge in [-0.3, -0.25) is 0 Å². The van der Waals surface area contributed by atoms with E-state index in [0.29, 0.717) is 6.04 Å². The number of para-hydroxylation sites is 2. The van der Waals surface area contributed by atoms with Gasteiger partial charge in [-0.25, -0.2) is 4.99 Å². The number of rotatable bonds is 3. The standard InChI is InChI=1S/C26H28N4/c1-19-11-14-23-22(17-19)26(29-25-10-6-5-9-24(25)28-23)30-16-15-27-21(18-30)13-12-20-7-3-2-4-8-20/h2-11,14,17,21,27-28H,12-13,15-16,18H2,1H3/t21-/m0/s1. The first-order valence-electron chi connectivity index (χ1n) is 10.8. The second-order valence-corrected chi connectivity index (χ2v) is 8.25. The molecule has 5 rings (SSSR count). The summed E-state index contributed by atoms with van der Waals surface area (Å²) in [7, 11) is 0. The maximum absolute atomic E-state index is 5.15. The number of benzene rings is 3. The molecule has 0 bridgehead atoms. The molecule has 2 aliphatic heterocycles. The Balaban J connectivity index is 1.43. The lowest BCUT2D eigenvalue weighted by molar-refractivity contribution is 0.282. The molecule has 4 nitrogen and oxygen atoms in total. The molecule has 1 fully saturated rings. The highest BCUT2D eigenvalue weighted by Gasteiger charge is 2.26. The molecule has 2 aliphatic rings.